The lowest BCUT2D eigenvalue weighted by atomic mass is 10.4. The summed E-state index contributed by atoms with van der Waals surface area (Å²) in [6.07, 6.45) is 6.81. The first-order valence-corrected chi connectivity index (χ1v) is 5.36. The minimum absolute atomic E-state index is 0.819. The molecule has 0 aliphatic carbocycles. The molecular weight excluding hydrogens is 226 g/mol. The lowest BCUT2D eigenvalue weighted by Crippen LogP contribution is -2.14. The molecule has 0 aliphatic rings. The summed E-state index contributed by atoms with van der Waals surface area (Å²) < 4.78 is 0. The Kier molecular flexibility index (Phi) is 5.31. The number of hydrogen-bond acceptors (Lipinski definition) is 5. The van der Waals surface area contributed by atoms with Crippen LogP contribution in [0.25, 0.3) is 0 Å². The van der Waals surface area contributed by atoms with Crippen molar-refractivity contribution in [2.45, 2.75) is 0 Å². The maximum atomic E-state index is 4.50. The molecule has 1 rings (SSSR count). The van der Waals surface area contributed by atoms with E-state index in [1.807, 2.05) is 42.1 Å². The van der Waals surface area contributed by atoms with Crippen LogP contribution < -0.4 is 9.80 Å². The van der Waals surface area contributed by atoms with E-state index in [9.17, 15) is 0 Å². The second-order valence-corrected chi connectivity index (χ2v) is 3.54. The molecule has 0 saturated carbocycles. The minimum Gasteiger partial charge on any atom is -0.334 e. The van der Waals surface area contributed by atoms with Crippen molar-refractivity contribution in [3.8, 4) is 0 Å². The van der Waals surface area contributed by atoms with Crippen LogP contribution >= 0.6 is 0 Å². The van der Waals surface area contributed by atoms with Gasteiger partial charge in [-0.2, -0.15) is 0 Å². The minimum atomic E-state index is 0.819. The summed E-state index contributed by atoms with van der Waals surface area (Å²) in [5, 5.41) is 0. The smallest absolute Gasteiger partial charge is 0.134 e. The van der Waals surface area contributed by atoms with Crippen molar-refractivity contribution in [2.75, 3.05) is 23.9 Å². The number of aromatic nitrogens is 1. The maximum absolute atomic E-state index is 4.50. The quantitative estimate of drug-likeness (QED) is 0.720. The van der Waals surface area contributed by atoms with Crippen LogP contribution in [0.15, 0.2) is 53.0 Å². The molecule has 0 unspecified atom stereocenters. The van der Waals surface area contributed by atoms with E-state index in [1.165, 1.54) is 0 Å². The summed E-state index contributed by atoms with van der Waals surface area (Å²) in [5.41, 5.74) is 0. The molecule has 1 aromatic rings. The van der Waals surface area contributed by atoms with Gasteiger partial charge in [-0.1, -0.05) is 6.07 Å². The summed E-state index contributed by atoms with van der Waals surface area (Å²) in [6.45, 7) is 6.78. The van der Waals surface area contributed by atoms with Gasteiger partial charge >= 0.3 is 0 Å². The second-order valence-electron chi connectivity index (χ2n) is 3.54. The molecule has 0 fully saturated rings. The van der Waals surface area contributed by atoms with E-state index in [-0.39, 0.29) is 0 Å². The van der Waals surface area contributed by atoms with Crippen LogP contribution in [0.1, 0.15) is 0 Å². The highest BCUT2D eigenvalue weighted by Crippen LogP contribution is 2.16. The molecular formula is C13H17N5. The van der Waals surface area contributed by atoms with Gasteiger partial charge in [0.2, 0.25) is 0 Å². The van der Waals surface area contributed by atoms with Crippen LogP contribution in [0.4, 0.5) is 11.6 Å². The van der Waals surface area contributed by atoms with Crippen molar-refractivity contribution >= 4 is 25.1 Å². The fraction of sp³-hybridized carbons (Fsp3) is 0.154. The van der Waals surface area contributed by atoms with Crippen LogP contribution in [0.2, 0.25) is 0 Å². The zero-order chi connectivity index (χ0) is 13.4. The molecule has 1 heterocycles. The predicted molar refractivity (Wildman–Crippen MR) is 78.4 cm³/mol. The van der Waals surface area contributed by atoms with E-state index in [2.05, 4.69) is 28.4 Å². The van der Waals surface area contributed by atoms with E-state index in [4.69, 9.17) is 0 Å². The zero-order valence-corrected chi connectivity index (χ0v) is 10.7. The van der Waals surface area contributed by atoms with Gasteiger partial charge in [-0.05, 0) is 25.6 Å². The number of pyridine rings is 1. The third kappa shape index (κ3) is 3.86. The molecule has 94 valence electrons. The molecule has 0 atom stereocenters. The molecule has 0 spiro atoms. The summed E-state index contributed by atoms with van der Waals surface area (Å²) in [7, 11) is 3.80. The molecule has 1 aromatic heterocycles. The van der Waals surface area contributed by atoms with Gasteiger partial charge in [0.25, 0.3) is 0 Å². The van der Waals surface area contributed by atoms with E-state index < -0.39 is 0 Å². The van der Waals surface area contributed by atoms with E-state index in [0.29, 0.717) is 0 Å². The predicted octanol–water partition coefficient (Wildman–Crippen LogP) is 2.30. The normalized spacial score (nSPS) is 10.8. The standard InChI is InChI=1S/C13H17N5/c1-14-8-10-17(3)12-6-5-7-13(16-12)18(4)11-9-15-2/h5-11H,1-2H2,3-4H3. The highest BCUT2D eigenvalue weighted by molar-refractivity contribution is 5.50. The zero-order valence-electron chi connectivity index (χ0n) is 10.7. The summed E-state index contributed by atoms with van der Waals surface area (Å²) in [4.78, 5) is 15.5. The van der Waals surface area contributed by atoms with Crippen molar-refractivity contribution in [1.29, 1.82) is 0 Å². The Morgan fingerprint density at radius 3 is 1.83 bits per heavy atom. The maximum Gasteiger partial charge on any atom is 0.134 e. The third-order valence-electron chi connectivity index (χ3n) is 2.23. The molecule has 0 aliphatic heterocycles. The molecule has 5 nitrogen and oxygen atoms in total. The van der Waals surface area contributed by atoms with Crippen LogP contribution in [-0.4, -0.2) is 32.5 Å². The number of nitrogens with zero attached hydrogens (tertiary/aromatic N) is 5. The van der Waals surface area contributed by atoms with Gasteiger partial charge in [-0.25, -0.2) is 4.98 Å². The van der Waals surface area contributed by atoms with Gasteiger partial charge < -0.3 is 9.80 Å². The Morgan fingerprint density at radius 1 is 1.00 bits per heavy atom. The number of hydrogen-bond donors (Lipinski definition) is 0. The SMILES string of the molecule is C=NC=CN(C)c1cccc(N(C)C=CN=C)n1. The first-order valence-electron chi connectivity index (χ1n) is 5.36. The fourth-order valence-corrected chi connectivity index (χ4v) is 1.25. The van der Waals surface area contributed by atoms with Crippen molar-refractivity contribution in [2.24, 2.45) is 9.98 Å². The van der Waals surface area contributed by atoms with Gasteiger partial charge in [0.15, 0.2) is 0 Å². The average Bonchev–Trinajstić information content (AvgIpc) is 2.42. The van der Waals surface area contributed by atoms with Crippen molar-refractivity contribution in [3.63, 3.8) is 0 Å². The van der Waals surface area contributed by atoms with Crippen LogP contribution in [0.3, 0.4) is 0 Å². The lowest BCUT2D eigenvalue weighted by molar-refractivity contribution is 1.07. The molecule has 18 heavy (non-hydrogen) atoms. The molecule has 5 heteroatoms. The molecule has 0 amide bonds. The van der Waals surface area contributed by atoms with Crippen molar-refractivity contribution in [3.05, 3.63) is 43.0 Å². The average molecular weight is 243 g/mol. The summed E-state index contributed by atoms with van der Waals surface area (Å²) in [6, 6.07) is 5.77. The van der Waals surface area contributed by atoms with Crippen molar-refractivity contribution < 1.29 is 0 Å². The van der Waals surface area contributed by atoms with Crippen LogP contribution in [-0.2, 0) is 0 Å². The Morgan fingerprint density at radius 2 is 1.44 bits per heavy atom. The molecule has 0 aromatic carbocycles. The Bertz CT molecular complexity index is 425. The fourth-order valence-electron chi connectivity index (χ4n) is 1.25. The topological polar surface area (TPSA) is 44.1 Å². The van der Waals surface area contributed by atoms with Gasteiger partial charge in [0.1, 0.15) is 11.6 Å². The molecule has 0 saturated heterocycles. The first-order chi connectivity index (χ1) is 8.69. The molecule has 0 bridgehead atoms. The van der Waals surface area contributed by atoms with E-state index >= 15 is 0 Å². The van der Waals surface area contributed by atoms with E-state index in [0.717, 1.165) is 11.6 Å². The number of aliphatic imine (C=N–C) groups is 2. The Balaban J connectivity index is 2.91. The summed E-state index contributed by atoms with van der Waals surface area (Å²) >= 11 is 0. The largest absolute Gasteiger partial charge is 0.334 e. The van der Waals surface area contributed by atoms with Crippen LogP contribution in [0, 0.1) is 0 Å². The van der Waals surface area contributed by atoms with Gasteiger partial charge in [-0.3, -0.25) is 9.98 Å². The number of anilines is 2. The second kappa shape index (κ2) is 7.01. The molecule has 0 N–H and O–H groups in total. The van der Waals surface area contributed by atoms with Gasteiger partial charge in [0, 0.05) is 38.9 Å². The Hall–Kier alpha value is -2.43. The Labute approximate surface area is 108 Å². The summed E-state index contributed by atoms with van der Waals surface area (Å²) in [5.74, 6) is 1.64. The number of rotatable bonds is 6. The van der Waals surface area contributed by atoms with Gasteiger partial charge in [0.05, 0.1) is 0 Å². The first kappa shape index (κ1) is 13.6. The highest BCUT2D eigenvalue weighted by Gasteiger charge is 2.02. The van der Waals surface area contributed by atoms with E-state index in [1.54, 1.807) is 24.8 Å². The molecule has 0 radical (unpaired) electrons. The highest BCUT2D eigenvalue weighted by atomic mass is 15.2. The van der Waals surface area contributed by atoms with Crippen molar-refractivity contribution in [1.82, 2.24) is 4.98 Å². The van der Waals surface area contributed by atoms with Crippen LogP contribution in [0.5, 0.6) is 0 Å². The monoisotopic (exact) mass is 243 g/mol. The van der Waals surface area contributed by atoms with Gasteiger partial charge in [-0.15, -0.1) is 0 Å². The lowest BCUT2D eigenvalue weighted by Gasteiger charge is -2.17. The third-order valence-corrected chi connectivity index (χ3v) is 2.23.